The van der Waals surface area contributed by atoms with Gasteiger partial charge in [0.25, 0.3) is 10.0 Å². The summed E-state index contributed by atoms with van der Waals surface area (Å²) < 4.78 is 27.0. The molecule has 0 amide bonds. The van der Waals surface area contributed by atoms with E-state index in [-0.39, 0.29) is 4.90 Å². The molecule has 0 saturated heterocycles. The molecule has 1 aromatic heterocycles. The van der Waals surface area contributed by atoms with Gasteiger partial charge >= 0.3 is 0 Å². The van der Waals surface area contributed by atoms with E-state index in [0.717, 1.165) is 12.1 Å². The van der Waals surface area contributed by atoms with E-state index in [4.69, 9.17) is 0 Å². The van der Waals surface area contributed by atoms with Gasteiger partial charge in [0.2, 0.25) is 0 Å². The average molecular weight is 296 g/mol. The van der Waals surface area contributed by atoms with Crippen molar-refractivity contribution < 1.29 is 8.42 Å². The fourth-order valence-corrected chi connectivity index (χ4v) is 3.41. The zero-order valence-electron chi connectivity index (χ0n) is 10.6. The molecule has 102 valence electrons. The molecule has 0 saturated carbocycles. The summed E-state index contributed by atoms with van der Waals surface area (Å²) in [5.74, 6) is 0. The Morgan fingerprint density at radius 2 is 2.11 bits per heavy atom. The molecule has 19 heavy (non-hydrogen) atoms. The van der Waals surface area contributed by atoms with E-state index in [1.807, 2.05) is 18.4 Å². The van der Waals surface area contributed by atoms with Crippen LogP contribution >= 0.6 is 11.3 Å². The number of benzene rings is 1. The van der Waals surface area contributed by atoms with Crippen molar-refractivity contribution in [3.8, 4) is 0 Å². The molecule has 0 fully saturated rings. The van der Waals surface area contributed by atoms with Gasteiger partial charge in [0, 0.05) is 11.9 Å². The van der Waals surface area contributed by atoms with Gasteiger partial charge in [-0.25, -0.2) is 8.42 Å². The second kappa shape index (κ2) is 6.18. The molecule has 0 unspecified atom stereocenters. The van der Waals surface area contributed by atoms with Crippen LogP contribution in [0.3, 0.4) is 0 Å². The highest BCUT2D eigenvalue weighted by atomic mass is 32.2. The van der Waals surface area contributed by atoms with Crippen LogP contribution in [0.4, 0.5) is 5.69 Å². The summed E-state index contributed by atoms with van der Waals surface area (Å²) in [6, 6.07) is 8.70. The Hall–Kier alpha value is -1.37. The maximum Gasteiger partial charge on any atom is 0.261 e. The summed E-state index contributed by atoms with van der Waals surface area (Å²) in [4.78, 5) is 0.286. The van der Waals surface area contributed by atoms with E-state index in [9.17, 15) is 8.42 Å². The second-order valence-corrected chi connectivity index (χ2v) is 6.51. The molecule has 0 aliphatic rings. The summed E-state index contributed by atoms with van der Waals surface area (Å²) in [5.41, 5.74) is 1.55. The van der Waals surface area contributed by atoms with E-state index in [0.29, 0.717) is 12.2 Å². The molecule has 0 atom stereocenters. The van der Waals surface area contributed by atoms with Crippen molar-refractivity contribution in [2.45, 2.75) is 18.4 Å². The molecule has 4 nitrogen and oxygen atoms in total. The largest absolute Gasteiger partial charge is 0.313 e. The molecule has 6 heteroatoms. The second-order valence-electron chi connectivity index (χ2n) is 4.05. The summed E-state index contributed by atoms with van der Waals surface area (Å²) in [6.07, 6.45) is 0. The van der Waals surface area contributed by atoms with Crippen LogP contribution in [0.25, 0.3) is 0 Å². The van der Waals surface area contributed by atoms with Gasteiger partial charge in [-0.2, -0.15) is 11.3 Å². The van der Waals surface area contributed by atoms with Gasteiger partial charge in [-0.3, -0.25) is 4.72 Å². The third-order valence-corrected chi connectivity index (χ3v) is 4.62. The van der Waals surface area contributed by atoms with Crippen molar-refractivity contribution in [3.63, 3.8) is 0 Å². The van der Waals surface area contributed by atoms with Crippen LogP contribution in [0.15, 0.2) is 46.0 Å². The van der Waals surface area contributed by atoms with Crippen LogP contribution in [0.1, 0.15) is 12.5 Å². The highest BCUT2D eigenvalue weighted by molar-refractivity contribution is 7.92. The Morgan fingerprint density at radius 3 is 2.79 bits per heavy atom. The normalized spacial score (nSPS) is 11.4. The van der Waals surface area contributed by atoms with Crippen molar-refractivity contribution >= 4 is 27.0 Å². The SMILES string of the molecule is CCNCc1cccc(S(=O)(=O)Nc2ccsc2)c1. The predicted molar refractivity (Wildman–Crippen MR) is 79.0 cm³/mol. The van der Waals surface area contributed by atoms with Crippen molar-refractivity contribution in [3.05, 3.63) is 46.7 Å². The van der Waals surface area contributed by atoms with Crippen LogP contribution in [0, 0.1) is 0 Å². The highest BCUT2D eigenvalue weighted by Gasteiger charge is 2.14. The number of nitrogens with one attached hydrogen (secondary N) is 2. The van der Waals surface area contributed by atoms with Crippen LogP contribution in [0.5, 0.6) is 0 Å². The first-order valence-corrected chi connectivity index (χ1v) is 8.39. The third-order valence-electron chi connectivity index (χ3n) is 2.56. The van der Waals surface area contributed by atoms with Crippen molar-refractivity contribution in [2.24, 2.45) is 0 Å². The summed E-state index contributed by atoms with van der Waals surface area (Å²) in [5, 5.41) is 6.77. The van der Waals surface area contributed by atoms with E-state index in [2.05, 4.69) is 10.0 Å². The standard InChI is InChI=1S/C13H16N2O2S2/c1-2-14-9-11-4-3-5-13(8-11)19(16,17)15-12-6-7-18-10-12/h3-8,10,14-15H,2,9H2,1H3. The Kier molecular flexibility index (Phi) is 4.57. The van der Waals surface area contributed by atoms with Crippen LogP contribution in [-0.2, 0) is 16.6 Å². The minimum absolute atomic E-state index is 0.286. The van der Waals surface area contributed by atoms with Gasteiger partial charge < -0.3 is 5.32 Å². The van der Waals surface area contributed by atoms with Gasteiger partial charge in [0.1, 0.15) is 0 Å². The predicted octanol–water partition coefficient (Wildman–Crippen LogP) is 2.66. The molecular formula is C13H16N2O2S2. The molecule has 0 radical (unpaired) electrons. The lowest BCUT2D eigenvalue weighted by atomic mass is 10.2. The zero-order valence-corrected chi connectivity index (χ0v) is 12.2. The number of thiophene rings is 1. The Morgan fingerprint density at radius 1 is 1.26 bits per heavy atom. The first kappa shape index (κ1) is 14.0. The van der Waals surface area contributed by atoms with Gasteiger partial charge in [0.05, 0.1) is 10.6 Å². The van der Waals surface area contributed by atoms with Gasteiger partial charge in [0.15, 0.2) is 0 Å². The third kappa shape index (κ3) is 3.79. The number of hydrogen-bond donors (Lipinski definition) is 2. The molecule has 0 aliphatic heterocycles. The molecule has 1 heterocycles. The van der Waals surface area contributed by atoms with Crippen LogP contribution < -0.4 is 10.0 Å². The average Bonchev–Trinajstić information content (AvgIpc) is 2.89. The number of sulfonamides is 1. The monoisotopic (exact) mass is 296 g/mol. The molecule has 2 aromatic rings. The lowest BCUT2D eigenvalue weighted by Gasteiger charge is -2.08. The summed E-state index contributed by atoms with van der Waals surface area (Å²) in [7, 11) is -3.50. The Labute approximate surface area is 117 Å². The number of hydrogen-bond acceptors (Lipinski definition) is 4. The van der Waals surface area contributed by atoms with Gasteiger partial charge in [-0.15, -0.1) is 0 Å². The van der Waals surface area contributed by atoms with Crippen molar-refractivity contribution in [1.82, 2.24) is 5.32 Å². The molecular weight excluding hydrogens is 280 g/mol. The lowest BCUT2D eigenvalue weighted by molar-refractivity contribution is 0.601. The molecule has 0 bridgehead atoms. The van der Waals surface area contributed by atoms with Crippen molar-refractivity contribution in [1.29, 1.82) is 0 Å². The quantitative estimate of drug-likeness (QED) is 0.861. The van der Waals surface area contributed by atoms with E-state index < -0.39 is 10.0 Å². The number of anilines is 1. The molecule has 1 aromatic carbocycles. The minimum Gasteiger partial charge on any atom is -0.313 e. The van der Waals surface area contributed by atoms with E-state index in [1.54, 1.807) is 29.6 Å². The van der Waals surface area contributed by atoms with Gasteiger partial charge in [-0.05, 0) is 35.7 Å². The topological polar surface area (TPSA) is 58.2 Å². The van der Waals surface area contributed by atoms with E-state index in [1.165, 1.54) is 11.3 Å². The molecule has 0 aliphatic carbocycles. The minimum atomic E-state index is -3.50. The zero-order chi connectivity index (χ0) is 13.7. The molecule has 2 rings (SSSR count). The van der Waals surface area contributed by atoms with Crippen molar-refractivity contribution in [2.75, 3.05) is 11.3 Å². The maximum atomic E-state index is 12.2. The van der Waals surface area contributed by atoms with Crippen LogP contribution in [-0.4, -0.2) is 15.0 Å². The number of rotatable bonds is 6. The Bertz CT molecular complexity index is 622. The fraction of sp³-hybridized carbons (Fsp3) is 0.231. The van der Waals surface area contributed by atoms with Gasteiger partial charge in [-0.1, -0.05) is 19.1 Å². The summed E-state index contributed by atoms with van der Waals surface area (Å²) >= 11 is 1.45. The molecule has 2 N–H and O–H groups in total. The summed E-state index contributed by atoms with van der Waals surface area (Å²) in [6.45, 7) is 3.53. The first-order chi connectivity index (χ1) is 9.12. The first-order valence-electron chi connectivity index (χ1n) is 5.96. The maximum absolute atomic E-state index is 12.2. The van der Waals surface area contributed by atoms with E-state index >= 15 is 0 Å². The highest BCUT2D eigenvalue weighted by Crippen LogP contribution is 2.19. The Balaban J connectivity index is 2.20. The van der Waals surface area contributed by atoms with Crippen LogP contribution in [0.2, 0.25) is 0 Å². The fourth-order valence-electron chi connectivity index (χ4n) is 1.63. The smallest absolute Gasteiger partial charge is 0.261 e. The molecule has 0 spiro atoms. The lowest BCUT2D eigenvalue weighted by Crippen LogP contribution is -2.15.